The molecular weight excluding hydrogens is 519 g/mol. The summed E-state index contributed by atoms with van der Waals surface area (Å²) in [6.45, 7) is 9.29. The molecule has 0 saturated carbocycles. The van der Waals surface area contributed by atoms with Gasteiger partial charge < -0.3 is 24.8 Å². The zero-order chi connectivity index (χ0) is 28.6. The highest BCUT2D eigenvalue weighted by atomic mass is 19.1. The second kappa shape index (κ2) is 10.6. The van der Waals surface area contributed by atoms with Crippen LogP contribution in [0.25, 0.3) is 0 Å². The Labute approximate surface area is 231 Å². The number of hydrogen-bond acceptors (Lipinski definition) is 9. The van der Waals surface area contributed by atoms with Crippen molar-refractivity contribution >= 4 is 35.1 Å². The quantitative estimate of drug-likeness (QED) is 0.472. The van der Waals surface area contributed by atoms with Crippen molar-refractivity contribution in [3.63, 3.8) is 0 Å². The highest BCUT2D eigenvalue weighted by Gasteiger charge is 2.32. The average Bonchev–Trinajstić information content (AvgIpc) is 2.88. The van der Waals surface area contributed by atoms with Gasteiger partial charge in [0.2, 0.25) is 11.8 Å². The molecule has 12 heteroatoms. The van der Waals surface area contributed by atoms with E-state index in [1.54, 1.807) is 23.4 Å². The number of hydrogen-bond donors (Lipinski definition) is 2. The van der Waals surface area contributed by atoms with Crippen LogP contribution in [-0.4, -0.2) is 57.4 Å². The number of carbonyl (C=O) groups is 2. The first-order valence-corrected chi connectivity index (χ1v) is 13.0. The van der Waals surface area contributed by atoms with E-state index in [1.165, 1.54) is 12.1 Å². The molecule has 0 unspecified atom stereocenters. The van der Waals surface area contributed by atoms with E-state index in [2.05, 4.69) is 25.2 Å². The van der Waals surface area contributed by atoms with Crippen molar-refractivity contribution in [1.29, 1.82) is 0 Å². The molecule has 0 atom stereocenters. The number of aliphatic carboxylic acids is 1. The first kappa shape index (κ1) is 27.1. The van der Waals surface area contributed by atoms with E-state index in [4.69, 9.17) is 14.6 Å². The minimum Gasteiger partial charge on any atom is -0.481 e. The largest absolute Gasteiger partial charge is 0.481 e. The van der Waals surface area contributed by atoms with Crippen LogP contribution in [-0.2, 0) is 28.9 Å². The number of carboxylic acid groups (broad SMARTS) is 1. The predicted molar refractivity (Wildman–Crippen MR) is 146 cm³/mol. The number of carboxylic acids is 1. The fourth-order valence-corrected chi connectivity index (χ4v) is 4.78. The molecule has 1 aromatic carbocycles. The molecule has 0 spiro atoms. The Morgan fingerprint density at radius 2 is 2.00 bits per heavy atom. The number of nitrogens with zero attached hydrogens (tertiary/aromatic N) is 5. The second-order valence-electron chi connectivity index (χ2n) is 10.7. The van der Waals surface area contributed by atoms with Gasteiger partial charge >= 0.3 is 12.1 Å². The molecule has 0 bridgehead atoms. The molecule has 0 radical (unpaired) electrons. The maximum absolute atomic E-state index is 14.3. The summed E-state index contributed by atoms with van der Waals surface area (Å²) in [5.74, 6) is -1.02. The van der Waals surface area contributed by atoms with Crippen LogP contribution in [0, 0.1) is 12.7 Å². The molecule has 0 aliphatic carbocycles. The standard InChI is InChI=1S/C28H31FN6O5/c1-16-22(14-30-25-24(16)35(9-10-39-25)27(38)40-28(2,3)4)34-8-7-18-13-31-26(33-21(18)15-34)32-19-6-5-17(11-23(36)37)20(29)12-19/h5-6,12-14H,7-11,15H2,1-4H3,(H,36,37)(H,31,32,33). The number of aromatic nitrogens is 3. The van der Waals surface area contributed by atoms with Gasteiger partial charge in [-0.1, -0.05) is 6.07 Å². The number of halogens is 1. The second-order valence-corrected chi connectivity index (χ2v) is 10.7. The van der Waals surface area contributed by atoms with E-state index in [9.17, 15) is 14.0 Å². The summed E-state index contributed by atoms with van der Waals surface area (Å²) in [6, 6.07) is 4.26. The first-order chi connectivity index (χ1) is 19.0. The Kier molecular flexibility index (Phi) is 7.17. The lowest BCUT2D eigenvalue weighted by atomic mass is 10.0. The number of ether oxygens (including phenoxy) is 2. The summed E-state index contributed by atoms with van der Waals surface area (Å²) in [6.07, 6.45) is 3.37. The average molecular weight is 551 g/mol. The molecule has 0 fully saturated rings. The zero-order valence-corrected chi connectivity index (χ0v) is 22.8. The van der Waals surface area contributed by atoms with Crippen molar-refractivity contribution in [2.75, 3.05) is 34.8 Å². The number of benzene rings is 1. The van der Waals surface area contributed by atoms with Crippen LogP contribution < -0.4 is 19.9 Å². The third kappa shape index (κ3) is 5.75. The molecule has 3 aromatic rings. The maximum Gasteiger partial charge on any atom is 0.415 e. The smallest absolute Gasteiger partial charge is 0.415 e. The summed E-state index contributed by atoms with van der Waals surface area (Å²) in [5.41, 5.74) is 4.00. The summed E-state index contributed by atoms with van der Waals surface area (Å²) >= 11 is 0. The SMILES string of the molecule is Cc1c(N2CCc3cnc(Nc4ccc(CC(=O)O)c(F)c4)nc3C2)cnc2c1N(C(=O)OC(C)(C)C)CCO2. The number of rotatable bonds is 5. The monoisotopic (exact) mass is 550 g/mol. The van der Waals surface area contributed by atoms with E-state index in [-0.39, 0.29) is 5.56 Å². The van der Waals surface area contributed by atoms with Gasteiger partial charge in [-0.25, -0.2) is 24.1 Å². The zero-order valence-electron chi connectivity index (χ0n) is 22.8. The fraction of sp³-hybridized carbons (Fsp3) is 0.393. The molecule has 5 rings (SSSR count). The number of carbonyl (C=O) groups excluding carboxylic acids is 1. The lowest BCUT2D eigenvalue weighted by molar-refractivity contribution is -0.136. The molecular formula is C28H31FN6O5. The van der Waals surface area contributed by atoms with Crippen LogP contribution in [0.15, 0.2) is 30.6 Å². The van der Waals surface area contributed by atoms with Crippen LogP contribution in [0.1, 0.15) is 43.2 Å². The molecule has 4 heterocycles. The van der Waals surface area contributed by atoms with E-state index in [1.807, 2.05) is 27.7 Å². The molecule has 2 aromatic heterocycles. The van der Waals surface area contributed by atoms with Gasteiger partial charge in [-0.05, 0) is 57.4 Å². The molecule has 1 amide bonds. The summed E-state index contributed by atoms with van der Waals surface area (Å²) in [7, 11) is 0. The lowest BCUT2D eigenvalue weighted by Crippen LogP contribution is -2.42. The minimum atomic E-state index is -1.10. The Morgan fingerprint density at radius 3 is 2.73 bits per heavy atom. The number of pyridine rings is 1. The minimum absolute atomic E-state index is 0.102. The molecule has 11 nitrogen and oxygen atoms in total. The summed E-state index contributed by atoms with van der Waals surface area (Å²) < 4.78 is 25.7. The van der Waals surface area contributed by atoms with E-state index in [0.29, 0.717) is 55.9 Å². The number of fused-ring (bicyclic) bond motifs is 2. The molecule has 0 saturated heterocycles. The Morgan fingerprint density at radius 1 is 1.20 bits per heavy atom. The Hall–Kier alpha value is -4.48. The summed E-state index contributed by atoms with van der Waals surface area (Å²) in [4.78, 5) is 41.2. The van der Waals surface area contributed by atoms with Crippen LogP contribution in [0.2, 0.25) is 0 Å². The van der Waals surface area contributed by atoms with Gasteiger partial charge in [0, 0.05) is 24.0 Å². The number of anilines is 4. The van der Waals surface area contributed by atoms with Gasteiger partial charge in [-0.2, -0.15) is 0 Å². The van der Waals surface area contributed by atoms with Gasteiger partial charge in [0.15, 0.2) is 0 Å². The summed E-state index contributed by atoms with van der Waals surface area (Å²) in [5, 5.41) is 11.9. The van der Waals surface area contributed by atoms with Crippen LogP contribution >= 0.6 is 0 Å². The van der Waals surface area contributed by atoms with Crippen molar-refractivity contribution < 1.29 is 28.6 Å². The van der Waals surface area contributed by atoms with E-state index < -0.39 is 29.9 Å². The molecule has 2 aliphatic rings. The predicted octanol–water partition coefficient (Wildman–Crippen LogP) is 4.39. The van der Waals surface area contributed by atoms with Crippen molar-refractivity contribution in [3.05, 3.63) is 58.8 Å². The maximum atomic E-state index is 14.3. The normalized spacial score (nSPS) is 14.6. The van der Waals surface area contributed by atoms with Crippen LogP contribution in [0.3, 0.4) is 0 Å². The topological polar surface area (TPSA) is 130 Å². The Bertz CT molecular complexity index is 1470. The van der Waals surface area contributed by atoms with Crippen LogP contribution in [0.5, 0.6) is 5.88 Å². The molecule has 210 valence electrons. The van der Waals surface area contributed by atoms with Crippen molar-refractivity contribution in [2.24, 2.45) is 0 Å². The first-order valence-electron chi connectivity index (χ1n) is 13.0. The third-order valence-electron chi connectivity index (χ3n) is 6.62. The third-order valence-corrected chi connectivity index (χ3v) is 6.62. The van der Waals surface area contributed by atoms with Crippen molar-refractivity contribution in [2.45, 2.75) is 52.7 Å². The van der Waals surface area contributed by atoms with Crippen molar-refractivity contribution in [3.8, 4) is 5.88 Å². The number of nitrogens with one attached hydrogen (secondary N) is 1. The van der Waals surface area contributed by atoms with Gasteiger partial charge in [0.05, 0.1) is 37.1 Å². The van der Waals surface area contributed by atoms with Gasteiger partial charge in [0.25, 0.3) is 0 Å². The van der Waals surface area contributed by atoms with Gasteiger partial charge in [0.1, 0.15) is 23.7 Å². The van der Waals surface area contributed by atoms with Gasteiger partial charge in [-0.15, -0.1) is 0 Å². The molecule has 40 heavy (non-hydrogen) atoms. The molecule has 2 aliphatic heterocycles. The highest BCUT2D eigenvalue weighted by molar-refractivity contribution is 5.92. The fourth-order valence-electron chi connectivity index (χ4n) is 4.78. The van der Waals surface area contributed by atoms with E-state index >= 15 is 0 Å². The number of amides is 1. The lowest BCUT2D eigenvalue weighted by Gasteiger charge is -2.35. The Balaban J connectivity index is 1.37. The highest BCUT2D eigenvalue weighted by Crippen LogP contribution is 2.39. The molecule has 2 N–H and O–H groups in total. The van der Waals surface area contributed by atoms with Crippen molar-refractivity contribution in [1.82, 2.24) is 15.0 Å². The van der Waals surface area contributed by atoms with E-state index in [0.717, 1.165) is 22.5 Å². The van der Waals surface area contributed by atoms with Crippen LogP contribution in [0.4, 0.5) is 32.2 Å². The van der Waals surface area contributed by atoms with Gasteiger partial charge in [-0.3, -0.25) is 9.69 Å².